The lowest BCUT2D eigenvalue weighted by atomic mass is 10.1. The molecule has 0 aliphatic rings. The van der Waals surface area contributed by atoms with Crippen molar-refractivity contribution in [1.82, 2.24) is 4.98 Å². The first-order chi connectivity index (χ1) is 10.6. The fraction of sp³-hybridized carbons (Fsp3) is 0.0625. The van der Waals surface area contributed by atoms with E-state index < -0.39 is 11.3 Å². The van der Waals surface area contributed by atoms with E-state index in [4.69, 9.17) is 5.73 Å². The molecule has 3 rings (SSSR count). The molecule has 0 bridgehead atoms. The Bertz CT molecular complexity index is 850. The minimum Gasteiger partial charge on any atom is -0.399 e. The van der Waals surface area contributed by atoms with E-state index in [1.807, 2.05) is 31.2 Å². The summed E-state index contributed by atoms with van der Waals surface area (Å²) < 4.78 is 23.0. The molecule has 22 heavy (non-hydrogen) atoms. The first kappa shape index (κ1) is 14.5. The van der Waals surface area contributed by atoms with Crippen molar-refractivity contribution < 1.29 is 8.76 Å². The number of pyridine rings is 1. The van der Waals surface area contributed by atoms with E-state index in [2.05, 4.69) is 4.98 Å². The molecule has 1 unspecified atom stereocenters. The largest absolute Gasteiger partial charge is 0.399 e. The van der Waals surface area contributed by atoms with Crippen LogP contribution in [-0.4, -0.2) is 13.7 Å². The maximum Gasteiger partial charge on any atom is 0.266 e. The molecule has 1 aromatic heterocycles. The van der Waals surface area contributed by atoms with Crippen LogP contribution in [0.2, 0.25) is 0 Å². The number of fused-ring (bicyclic) bond motifs is 1. The summed E-state index contributed by atoms with van der Waals surface area (Å²) in [6.45, 7) is 1.89. The Kier molecular flexibility index (Phi) is 3.79. The zero-order valence-corrected chi connectivity index (χ0v) is 12.7. The fourth-order valence-corrected chi connectivity index (χ4v) is 2.93. The Morgan fingerprint density at radius 2 is 1.82 bits per heavy atom. The van der Waals surface area contributed by atoms with E-state index in [1.54, 1.807) is 30.3 Å². The van der Waals surface area contributed by atoms with Gasteiger partial charge in [-0.25, -0.2) is 8.51 Å². The second kappa shape index (κ2) is 5.75. The van der Waals surface area contributed by atoms with Gasteiger partial charge >= 0.3 is 0 Å². The summed E-state index contributed by atoms with van der Waals surface area (Å²) in [5.41, 5.74) is 8.96. The summed E-state index contributed by atoms with van der Waals surface area (Å²) in [7, 11) is 0. The van der Waals surface area contributed by atoms with Gasteiger partial charge in [0.25, 0.3) is 11.3 Å². The molecule has 3 aromatic rings. The van der Waals surface area contributed by atoms with E-state index in [9.17, 15) is 8.76 Å². The third-order valence-electron chi connectivity index (χ3n) is 3.34. The van der Waals surface area contributed by atoms with E-state index in [-0.39, 0.29) is 0 Å². The maximum atomic E-state index is 11.9. The summed E-state index contributed by atoms with van der Waals surface area (Å²) in [4.78, 5) is 4.51. The number of para-hydroxylation sites is 1. The molecule has 0 saturated heterocycles. The second-order valence-electron chi connectivity index (χ2n) is 4.92. The van der Waals surface area contributed by atoms with Crippen LogP contribution in [-0.2, 0) is 11.3 Å². The number of nitrogens with two attached hydrogens (primary N) is 1. The van der Waals surface area contributed by atoms with Gasteiger partial charge in [-0.2, -0.15) is 0 Å². The summed E-state index contributed by atoms with van der Waals surface area (Å²) >= 11 is -2.22. The first-order valence-electron chi connectivity index (χ1n) is 6.69. The molecule has 1 heterocycles. The normalized spacial score (nSPS) is 12.3. The number of aromatic nitrogens is 1. The van der Waals surface area contributed by atoms with Crippen LogP contribution < -0.4 is 10.0 Å². The summed E-state index contributed by atoms with van der Waals surface area (Å²) in [6.07, 6.45) is 0. The summed E-state index contributed by atoms with van der Waals surface area (Å²) in [5.74, 6) is 0. The van der Waals surface area contributed by atoms with Gasteiger partial charge in [0.2, 0.25) is 0 Å². The van der Waals surface area contributed by atoms with Crippen LogP contribution >= 0.6 is 0 Å². The highest BCUT2D eigenvalue weighted by molar-refractivity contribution is 7.81. The predicted molar refractivity (Wildman–Crippen MR) is 90.2 cm³/mol. The van der Waals surface area contributed by atoms with E-state index >= 15 is 0 Å². The highest BCUT2D eigenvalue weighted by Crippen LogP contribution is 2.32. The van der Waals surface area contributed by atoms with Gasteiger partial charge in [0, 0.05) is 16.8 Å². The SMILES string of the molecule is Cc1ccc2cccc(N(c3ccc(N)cc3)S(=O)O)c2n1. The van der Waals surface area contributed by atoms with Crippen molar-refractivity contribution in [2.45, 2.75) is 6.92 Å². The van der Waals surface area contributed by atoms with Gasteiger partial charge in [0.05, 0.1) is 16.9 Å². The van der Waals surface area contributed by atoms with E-state index in [0.29, 0.717) is 22.6 Å². The van der Waals surface area contributed by atoms with Crippen molar-refractivity contribution in [3.63, 3.8) is 0 Å². The lowest BCUT2D eigenvalue weighted by Crippen LogP contribution is -2.19. The molecule has 0 amide bonds. The van der Waals surface area contributed by atoms with Crippen molar-refractivity contribution in [3.8, 4) is 0 Å². The number of benzene rings is 2. The second-order valence-corrected chi connectivity index (χ2v) is 5.74. The van der Waals surface area contributed by atoms with Crippen molar-refractivity contribution in [2.24, 2.45) is 0 Å². The van der Waals surface area contributed by atoms with Crippen molar-refractivity contribution >= 4 is 39.2 Å². The van der Waals surface area contributed by atoms with E-state index in [1.165, 1.54) is 4.31 Å². The molecule has 0 radical (unpaired) electrons. The van der Waals surface area contributed by atoms with Gasteiger partial charge in [-0.1, -0.05) is 18.2 Å². The topological polar surface area (TPSA) is 79.5 Å². The minimum absolute atomic E-state index is 0.575. The molecule has 0 fully saturated rings. The van der Waals surface area contributed by atoms with Gasteiger partial charge in [0.1, 0.15) is 0 Å². The van der Waals surface area contributed by atoms with Gasteiger partial charge in [-0.15, -0.1) is 0 Å². The van der Waals surface area contributed by atoms with Crippen LogP contribution in [0.25, 0.3) is 10.9 Å². The highest BCUT2D eigenvalue weighted by Gasteiger charge is 2.18. The van der Waals surface area contributed by atoms with Crippen LogP contribution in [0.5, 0.6) is 0 Å². The Hall–Kier alpha value is -2.44. The number of nitrogen functional groups attached to an aromatic ring is 1. The lowest BCUT2D eigenvalue weighted by molar-refractivity contribution is 0.564. The maximum absolute atomic E-state index is 11.9. The molecular weight excluding hydrogens is 298 g/mol. The highest BCUT2D eigenvalue weighted by atomic mass is 32.2. The molecule has 5 nitrogen and oxygen atoms in total. The van der Waals surface area contributed by atoms with Gasteiger partial charge in [-0.05, 0) is 43.3 Å². The molecule has 2 aromatic carbocycles. The molecule has 0 spiro atoms. The number of hydrogen-bond donors (Lipinski definition) is 2. The van der Waals surface area contributed by atoms with Crippen LogP contribution in [0, 0.1) is 6.92 Å². The van der Waals surface area contributed by atoms with Crippen molar-refractivity contribution in [1.29, 1.82) is 0 Å². The quantitative estimate of drug-likeness (QED) is 0.574. The molecule has 3 N–H and O–H groups in total. The molecule has 112 valence electrons. The Balaban J connectivity index is 2.23. The monoisotopic (exact) mass is 313 g/mol. The molecular formula is C16H15N3O2S. The predicted octanol–water partition coefficient (Wildman–Crippen LogP) is 3.40. The van der Waals surface area contributed by atoms with Crippen LogP contribution in [0.15, 0.2) is 54.6 Å². The van der Waals surface area contributed by atoms with E-state index in [0.717, 1.165) is 11.1 Å². The summed E-state index contributed by atoms with van der Waals surface area (Å²) in [6, 6.07) is 16.2. The Morgan fingerprint density at radius 1 is 1.09 bits per heavy atom. The third kappa shape index (κ3) is 2.66. The first-order valence-corrected chi connectivity index (χ1v) is 7.75. The number of hydrogen-bond acceptors (Lipinski definition) is 3. The molecule has 0 aliphatic heterocycles. The summed E-state index contributed by atoms with van der Waals surface area (Å²) in [5, 5.41) is 0.911. The molecule has 0 aliphatic carbocycles. The van der Waals surface area contributed by atoms with Crippen LogP contribution in [0.1, 0.15) is 5.69 Å². The van der Waals surface area contributed by atoms with Gasteiger partial charge in [-0.3, -0.25) is 9.54 Å². The van der Waals surface area contributed by atoms with Gasteiger partial charge < -0.3 is 5.73 Å². The smallest absolute Gasteiger partial charge is 0.266 e. The zero-order chi connectivity index (χ0) is 15.7. The number of nitrogens with zero attached hydrogens (tertiary/aromatic N) is 2. The average Bonchev–Trinajstić information content (AvgIpc) is 2.49. The Morgan fingerprint density at radius 3 is 2.50 bits per heavy atom. The van der Waals surface area contributed by atoms with Gasteiger partial charge in [0.15, 0.2) is 0 Å². The standard InChI is InChI=1S/C16H15N3O2S/c1-11-5-6-12-3-2-4-15(16(12)18-11)19(22(20)21)14-9-7-13(17)8-10-14/h2-10H,17H2,1H3,(H,20,21). The zero-order valence-electron chi connectivity index (χ0n) is 11.9. The fourth-order valence-electron chi connectivity index (χ4n) is 2.32. The third-order valence-corrected chi connectivity index (χ3v) is 4.06. The van der Waals surface area contributed by atoms with Crippen molar-refractivity contribution in [3.05, 3.63) is 60.3 Å². The van der Waals surface area contributed by atoms with Crippen LogP contribution in [0.4, 0.5) is 17.1 Å². The minimum atomic E-state index is -2.22. The lowest BCUT2D eigenvalue weighted by Gasteiger charge is -2.21. The molecule has 0 saturated carbocycles. The van der Waals surface area contributed by atoms with Crippen molar-refractivity contribution in [2.75, 3.05) is 10.0 Å². The molecule has 6 heteroatoms. The number of rotatable bonds is 3. The number of anilines is 3. The molecule has 1 atom stereocenters. The Labute approximate surface area is 130 Å². The average molecular weight is 313 g/mol. The number of aryl methyl sites for hydroxylation is 1. The van der Waals surface area contributed by atoms with Crippen LogP contribution in [0.3, 0.4) is 0 Å².